The van der Waals surface area contributed by atoms with E-state index in [9.17, 15) is 0 Å². The number of fused-ring (bicyclic) bond motifs is 3. The third kappa shape index (κ3) is 2.70. The summed E-state index contributed by atoms with van der Waals surface area (Å²) in [5.41, 5.74) is 3.18. The Labute approximate surface area is 141 Å². The molecule has 1 atom stereocenters. The minimum atomic E-state index is -0.0283. The van der Waals surface area contributed by atoms with Gasteiger partial charge in [0.05, 0.1) is 12.1 Å². The number of rotatable bonds is 3. The summed E-state index contributed by atoms with van der Waals surface area (Å²) >= 11 is 0. The Bertz CT molecular complexity index is 862. The Morgan fingerprint density at radius 3 is 2.75 bits per heavy atom. The highest BCUT2D eigenvalue weighted by atomic mass is 16.6. The second-order valence-corrected chi connectivity index (χ2v) is 7.18. The molecule has 124 valence electrons. The van der Waals surface area contributed by atoms with Gasteiger partial charge in [0.25, 0.3) is 6.01 Å². The number of ether oxygens (including phenoxy) is 2. The standard InChI is InChI=1S/C19H21N3O2/c1-19(2,3)13-6-8-14(9-7-13)23-12-15-11-22-16-5-4-10-20-17(16)21-18(22)24-15/h4-10,15H,11-12H2,1-3H3/t15-/m0/s1. The monoisotopic (exact) mass is 323 g/mol. The molecule has 0 N–H and O–H groups in total. The predicted molar refractivity (Wildman–Crippen MR) is 92.6 cm³/mol. The molecule has 2 aromatic heterocycles. The molecule has 1 aromatic carbocycles. The van der Waals surface area contributed by atoms with Crippen LogP contribution < -0.4 is 9.47 Å². The molecule has 4 rings (SSSR count). The predicted octanol–water partition coefficient (Wildman–Crippen LogP) is 3.57. The van der Waals surface area contributed by atoms with Gasteiger partial charge in [-0.3, -0.25) is 4.57 Å². The Kier molecular flexibility index (Phi) is 3.44. The van der Waals surface area contributed by atoms with Crippen LogP contribution in [0, 0.1) is 0 Å². The number of aromatic nitrogens is 3. The van der Waals surface area contributed by atoms with Crippen molar-refractivity contribution in [1.29, 1.82) is 0 Å². The van der Waals surface area contributed by atoms with Gasteiger partial charge in [-0.15, -0.1) is 0 Å². The fourth-order valence-corrected chi connectivity index (χ4v) is 2.92. The van der Waals surface area contributed by atoms with E-state index in [2.05, 4.69) is 47.4 Å². The van der Waals surface area contributed by atoms with Gasteiger partial charge in [-0.1, -0.05) is 32.9 Å². The second-order valence-electron chi connectivity index (χ2n) is 7.18. The van der Waals surface area contributed by atoms with Crippen molar-refractivity contribution in [3.63, 3.8) is 0 Å². The summed E-state index contributed by atoms with van der Waals surface area (Å²) in [6, 6.07) is 12.8. The first kappa shape index (κ1) is 15.0. The molecule has 24 heavy (non-hydrogen) atoms. The van der Waals surface area contributed by atoms with Gasteiger partial charge in [-0.25, -0.2) is 4.98 Å². The van der Waals surface area contributed by atoms with Crippen LogP contribution in [0.5, 0.6) is 11.8 Å². The third-order valence-electron chi connectivity index (χ3n) is 4.30. The minimum absolute atomic E-state index is 0.0283. The molecule has 0 amide bonds. The number of hydrogen-bond donors (Lipinski definition) is 0. The Balaban J connectivity index is 1.40. The fraction of sp³-hybridized carbons (Fsp3) is 0.368. The SMILES string of the molecule is CC(C)(C)c1ccc(OC[C@@H]2Cn3c(nc4ncccc43)O2)cc1. The largest absolute Gasteiger partial charge is 0.490 e. The highest BCUT2D eigenvalue weighted by molar-refractivity contribution is 5.72. The zero-order valence-corrected chi connectivity index (χ0v) is 14.2. The van der Waals surface area contributed by atoms with E-state index in [0.29, 0.717) is 12.6 Å². The molecule has 3 aromatic rings. The zero-order valence-electron chi connectivity index (χ0n) is 14.2. The molecular formula is C19H21N3O2. The molecular weight excluding hydrogens is 302 g/mol. The molecule has 0 saturated carbocycles. The normalized spacial score (nSPS) is 16.9. The number of imidazole rings is 1. The Morgan fingerprint density at radius 2 is 2.00 bits per heavy atom. The maximum absolute atomic E-state index is 5.89. The lowest BCUT2D eigenvalue weighted by atomic mass is 9.87. The van der Waals surface area contributed by atoms with Crippen LogP contribution in [0.4, 0.5) is 0 Å². The molecule has 0 radical (unpaired) electrons. The van der Waals surface area contributed by atoms with E-state index in [1.165, 1.54) is 5.56 Å². The lowest BCUT2D eigenvalue weighted by Crippen LogP contribution is -2.23. The summed E-state index contributed by atoms with van der Waals surface area (Å²) in [5.74, 6) is 0.864. The molecule has 5 heteroatoms. The summed E-state index contributed by atoms with van der Waals surface area (Å²) in [4.78, 5) is 8.66. The molecule has 0 aliphatic carbocycles. The topological polar surface area (TPSA) is 49.2 Å². The molecule has 3 heterocycles. The number of pyridine rings is 1. The first-order valence-corrected chi connectivity index (χ1v) is 8.22. The van der Waals surface area contributed by atoms with Crippen molar-refractivity contribution in [2.75, 3.05) is 6.61 Å². The fourth-order valence-electron chi connectivity index (χ4n) is 2.92. The van der Waals surface area contributed by atoms with Crippen molar-refractivity contribution in [1.82, 2.24) is 14.5 Å². The first-order chi connectivity index (χ1) is 11.5. The van der Waals surface area contributed by atoms with Crippen molar-refractivity contribution < 1.29 is 9.47 Å². The number of benzene rings is 1. The third-order valence-corrected chi connectivity index (χ3v) is 4.30. The molecule has 0 fully saturated rings. The van der Waals surface area contributed by atoms with Gasteiger partial charge >= 0.3 is 0 Å². The Hall–Kier alpha value is -2.56. The van der Waals surface area contributed by atoms with Crippen molar-refractivity contribution >= 4 is 11.2 Å². The van der Waals surface area contributed by atoms with E-state index in [-0.39, 0.29) is 11.5 Å². The van der Waals surface area contributed by atoms with Crippen molar-refractivity contribution in [2.24, 2.45) is 0 Å². The van der Waals surface area contributed by atoms with Crippen LogP contribution >= 0.6 is 0 Å². The second kappa shape index (κ2) is 5.51. The van der Waals surface area contributed by atoms with Gasteiger partial charge in [-0.2, -0.15) is 4.98 Å². The molecule has 0 unspecified atom stereocenters. The maximum Gasteiger partial charge on any atom is 0.299 e. The maximum atomic E-state index is 5.89. The Morgan fingerprint density at radius 1 is 1.21 bits per heavy atom. The van der Waals surface area contributed by atoms with Crippen LogP contribution in [0.15, 0.2) is 42.6 Å². The smallest absolute Gasteiger partial charge is 0.299 e. The van der Waals surface area contributed by atoms with E-state index >= 15 is 0 Å². The van der Waals surface area contributed by atoms with Crippen LogP contribution in [0.25, 0.3) is 11.2 Å². The lowest BCUT2D eigenvalue weighted by Gasteiger charge is -2.19. The molecule has 0 spiro atoms. The van der Waals surface area contributed by atoms with Crippen molar-refractivity contribution in [3.8, 4) is 11.8 Å². The van der Waals surface area contributed by atoms with Gasteiger partial charge in [0, 0.05) is 6.20 Å². The van der Waals surface area contributed by atoms with E-state index in [1.54, 1.807) is 6.20 Å². The molecule has 1 aliphatic rings. The quantitative estimate of drug-likeness (QED) is 0.739. The van der Waals surface area contributed by atoms with Crippen LogP contribution in [-0.4, -0.2) is 27.2 Å². The van der Waals surface area contributed by atoms with Gasteiger partial charge in [0.15, 0.2) is 11.8 Å². The highest BCUT2D eigenvalue weighted by Crippen LogP contribution is 2.28. The number of hydrogen-bond acceptors (Lipinski definition) is 4. The average Bonchev–Trinajstić information content (AvgIpc) is 3.10. The molecule has 0 bridgehead atoms. The summed E-state index contributed by atoms with van der Waals surface area (Å²) in [6.45, 7) is 7.85. The summed E-state index contributed by atoms with van der Waals surface area (Å²) in [6.07, 6.45) is 1.71. The molecule has 1 aliphatic heterocycles. The van der Waals surface area contributed by atoms with Gasteiger partial charge < -0.3 is 9.47 Å². The van der Waals surface area contributed by atoms with Crippen molar-refractivity contribution in [3.05, 3.63) is 48.2 Å². The van der Waals surface area contributed by atoms with E-state index in [0.717, 1.165) is 23.5 Å². The van der Waals surface area contributed by atoms with Crippen LogP contribution in [-0.2, 0) is 12.0 Å². The molecule has 0 saturated heterocycles. The van der Waals surface area contributed by atoms with E-state index < -0.39 is 0 Å². The number of nitrogens with zero attached hydrogens (tertiary/aromatic N) is 3. The summed E-state index contributed by atoms with van der Waals surface area (Å²) in [7, 11) is 0. The lowest BCUT2D eigenvalue weighted by molar-refractivity contribution is 0.144. The van der Waals surface area contributed by atoms with Gasteiger partial charge in [0.1, 0.15) is 12.4 Å². The average molecular weight is 323 g/mol. The van der Waals surface area contributed by atoms with Crippen molar-refractivity contribution in [2.45, 2.75) is 38.8 Å². The summed E-state index contributed by atoms with van der Waals surface area (Å²) < 4.78 is 13.8. The van der Waals surface area contributed by atoms with Crippen LogP contribution in [0.1, 0.15) is 26.3 Å². The van der Waals surface area contributed by atoms with Crippen LogP contribution in [0.2, 0.25) is 0 Å². The summed E-state index contributed by atoms with van der Waals surface area (Å²) in [5, 5.41) is 0. The minimum Gasteiger partial charge on any atom is -0.490 e. The highest BCUT2D eigenvalue weighted by Gasteiger charge is 2.27. The van der Waals surface area contributed by atoms with Crippen LogP contribution in [0.3, 0.4) is 0 Å². The first-order valence-electron chi connectivity index (χ1n) is 8.22. The van der Waals surface area contributed by atoms with Gasteiger partial charge in [0.2, 0.25) is 0 Å². The van der Waals surface area contributed by atoms with Gasteiger partial charge in [-0.05, 0) is 35.2 Å². The van der Waals surface area contributed by atoms with E-state index in [1.807, 2.05) is 24.3 Å². The zero-order chi connectivity index (χ0) is 16.7. The molecule has 5 nitrogen and oxygen atoms in total. The van der Waals surface area contributed by atoms with E-state index in [4.69, 9.17) is 9.47 Å².